The van der Waals surface area contributed by atoms with Gasteiger partial charge in [-0.3, -0.25) is 0 Å². The van der Waals surface area contributed by atoms with E-state index in [9.17, 15) is 0 Å². The minimum Gasteiger partial charge on any atom is -0.400 e. The van der Waals surface area contributed by atoms with Crippen LogP contribution in [0.1, 0.15) is 40.5 Å². The molecule has 0 N–H and O–H groups in total. The molecule has 0 radical (unpaired) electrons. The van der Waals surface area contributed by atoms with Gasteiger partial charge < -0.3 is 4.43 Å². The van der Waals surface area contributed by atoms with Crippen LogP contribution in [0.3, 0.4) is 0 Å². The third-order valence-corrected chi connectivity index (χ3v) is 10.8. The standard InChI is InChI=1S/C26H30OSi/c1-7-22-19-25(21(3)18-20(22)2)27-28(26(4,5)6,23-14-10-8-11-15-23)24-16-12-9-13-17-24/h1,8-17,25H,3,18-19H2,2,4-6H3/t25-/m1/s1. The third kappa shape index (κ3) is 3.65. The Balaban J connectivity index is 2.17. The van der Waals surface area contributed by atoms with Gasteiger partial charge in [-0.25, -0.2) is 0 Å². The van der Waals surface area contributed by atoms with Crippen molar-refractivity contribution in [2.45, 2.75) is 51.7 Å². The summed E-state index contributed by atoms with van der Waals surface area (Å²) in [5.74, 6) is 2.88. The summed E-state index contributed by atoms with van der Waals surface area (Å²) in [7, 11) is -2.59. The molecule has 1 aliphatic carbocycles. The first-order valence-electron chi connectivity index (χ1n) is 9.91. The van der Waals surface area contributed by atoms with E-state index in [1.807, 2.05) is 0 Å². The van der Waals surface area contributed by atoms with Crippen LogP contribution in [0, 0.1) is 12.3 Å². The summed E-state index contributed by atoms with van der Waals surface area (Å²) in [4.78, 5) is 0. The van der Waals surface area contributed by atoms with E-state index in [0.29, 0.717) is 0 Å². The lowest BCUT2D eigenvalue weighted by Gasteiger charge is -2.46. The fourth-order valence-electron chi connectivity index (χ4n) is 4.28. The molecule has 1 atom stereocenters. The van der Waals surface area contributed by atoms with E-state index in [-0.39, 0.29) is 11.1 Å². The SMILES string of the molecule is C#CC1=C(C)CC(=C)[C@H](O[Si](c2ccccc2)(c2ccccc2)C(C)(C)C)C1. The molecule has 0 unspecified atom stereocenters. The maximum Gasteiger partial charge on any atom is 0.261 e. The van der Waals surface area contributed by atoms with Crippen LogP contribution in [0.15, 0.2) is 84.0 Å². The van der Waals surface area contributed by atoms with E-state index in [0.717, 1.165) is 24.0 Å². The van der Waals surface area contributed by atoms with Crippen molar-refractivity contribution in [3.63, 3.8) is 0 Å². The molecule has 0 amide bonds. The van der Waals surface area contributed by atoms with Crippen molar-refractivity contribution in [1.29, 1.82) is 0 Å². The molecule has 2 heteroatoms. The van der Waals surface area contributed by atoms with E-state index in [1.165, 1.54) is 15.9 Å². The molecule has 0 aliphatic heterocycles. The summed E-state index contributed by atoms with van der Waals surface area (Å²) >= 11 is 0. The molecule has 144 valence electrons. The normalized spacial score (nSPS) is 18.1. The molecule has 0 aromatic heterocycles. The molecule has 2 aromatic carbocycles. The predicted molar refractivity (Wildman–Crippen MR) is 122 cm³/mol. The lowest BCUT2D eigenvalue weighted by Crippen LogP contribution is -2.68. The van der Waals surface area contributed by atoms with Crippen LogP contribution in [0.4, 0.5) is 0 Å². The van der Waals surface area contributed by atoms with E-state index in [4.69, 9.17) is 10.8 Å². The summed E-state index contributed by atoms with van der Waals surface area (Å²) in [6.07, 6.45) is 7.30. The van der Waals surface area contributed by atoms with Crippen LogP contribution in [0.2, 0.25) is 5.04 Å². The molecule has 2 aromatic rings. The highest BCUT2D eigenvalue weighted by atomic mass is 28.4. The van der Waals surface area contributed by atoms with E-state index in [1.54, 1.807) is 0 Å². The second-order valence-corrected chi connectivity index (χ2v) is 13.0. The van der Waals surface area contributed by atoms with E-state index >= 15 is 0 Å². The van der Waals surface area contributed by atoms with Gasteiger partial charge in [0.1, 0.15) is 0 Å². The van der Waals surface area contributed by atoms with Crippen molar-refractivity contribution in [3.8, 4) is 12.3 Å². The van der Waals surface area contributed by atoms with Gasteiger partial charge in [-0.05, 0) is 34.3 Å². The average molecular weight is 387 g/mol. The summed E-state index contributed by atoms with van der Waals surface area (Å²) in [6.45, 7) is 13.4. The third-order valence-electron chi connectivity index (χ3n) is 5.76. The van der Waals surface area contributed by atoms with Crippen molar-refractivity contribution in [2.75, 3.05) is 0 Å². The highest BCUT2D eigenvalue weighted by molar-refractivity contribution is 6.99. The van der Waals surface area contributed by atoms with Crippen LogP contribution in [0.25, 0.3) is 0 Å². The zero-order valence-electron chi connectivity index (χ0n) is 17.5. The Kier molecular flexibility index (Phi) is 5.79. The van der Waals surface area contributed by atoms with E-state index < -0.39 is 8.32 Å². The number of terminal acetylenes is 1. The van der Waals surface area contributed by atoms with Crippen molar-refractivity contribution in [3.05, 3.63) is 84.0 Å². The second-order valence-electron chi connectivity index (χ2n) is 8.71. The Morgan fingerprint density at radius 2 is 1.50 bits per heavy atom. The van der Waals surface area contributed by atoms with Crippen LogP contribution >= 0.6 is 0 Å². The lowest BCUT2D eigenvalue weighted by molar-refractivity contribution is 0.216. The highest BCUT2D eigenvalue weighted by Crippen LogP contribution is 2.40. The molecule has 0 heterocycles. The van der Waals surface area contributed by atoms with Gasteiger partial charge in [0.25, 0.3) is 8.32 Å². The lowest BCUT2D eigenvalue weighted by atomic mass is 9.88. The first-order valence-corrected chi connectivity index (χ1v) is 11.8. The summed E-state index contributed by atoms with van der Waals surface area (Å²) in [5, 5.41) is 2.52. The average Bonchev–Trinajstić information content (AvgIpc) is 2.68. The Morgan fingerprint density at radius 1 is 1.00 bits per heavy atom. The number of hydrogen-bond donors (Lipinski definition) is 0. The van der Waals surface area contributed by atoms with Crippen LogP contribution in [-0.4, -0.2) is 14.4 Å². The number of hydrogen-bond acceptors (Lipinski definition) is 1. The van der Waals surface area contributed by atoms with Gasteiger partial charge in [-0.15, -0.1) is 6.42 Å². The first-order chi connectivity index (χ1) is 13.3. The molecule has 1 aliphatic rings. The quantitative estimate of drug-likeness (QED) is 0.397. The number of benzene rings is 2. The molecule has 0 bridgehead atoms. The van der Waals surface area contributed by atoms with Crippen LogP contribution < -0.4 is 10.4 Å². The largest absolute Gasteiger partial charge is 0.400 e. The topological polar surface area (TPSA) is 9.23 Å². The Hall–Kier alpha value is -2.34. The Morgan fingerprint density at radius 3 is 1.93 bits per heavy atom. The van der Waals surface area contributed by atoms with Crippen LogP contribution in [0.5, 0.6) is 0 Å². The number of rotatable bonds is 4. The first kappa shape index (κ1) is 20.4. The zero-order valence-corrected chi connectivity index (χ0v) is 18.5. The molecule has 0 spiro atoms. The Bertz CT molecular complexity index is 871. The van der Waals surface area contributed by atoms with Crippen LogP contribution in [-0.2, 0) is 4.43 Å². The molecule has 28 heavy (non-hydrogen) atoms. The maximum atomic E-state index is 7.22. The van der Waals surface area contributed by atoms with Crippen molar-refractivity contribution < 1.29 is 4.43 Å². The maximum absolute atomic E-state index is 7.22. The molecule has 0 saturated carbocycles. The van der Waals surface area contributed by atoms with Crippen molar-refractivity contribution in [2.24, 2.45) is 0 Å². The van der Waals surface area contributed by atoms with Crippen molar-refractivity contribution >= 4 is 18.7 Å². The summed E-state index contributed by atoms with van der Waals surface area (Å²) in [5.41, 5.74) is 3.44. The van der Waals surface area contributed by atoms with Gasteiger partial charge in [0.05, 0.1) is 6.10 Å². The molecular formula is C26H30OSi. The van der Waals surface area contributed by atoms with Gasteiger partial charge in [-0.1, -0.05) is 99.5 Å². The fraction of sp³-hybridized carbons (Fsp3) is 0.308. The minimum atomic E-state index is -2.59. The van der Waals surface area contributed by atoms with Crippen molar-refractivity contribution in [1.82, 2.24) is 0 Å². The fourth-order valence-corrected chi connectivity index (χ4v) is 8.97. The van der Waals surface area contributed by atoms with Gasteiger partial charge in [0.2, 0.25) is 0 Å². The highest BCUT2D eigenvalue weighted by Gasteiger charge is 2.51. The second kappa shape index (κ2) is 7.95. The molecule has 0 fully saturated rings. The molecule has 0 saturated heterocycles. The summed E-state index contributed by atoms with van der Waals surface area (Å²) in [6, 6.07) is 21.5. The zero-order chi connectivity index (χ0) is 20.4. The monoisotopic (exact) mass is 386 g/mol. The molecular weight excluding hydrogens is 356 g/mol. The van der Waals surface area contributed by atoms with Gasteiger partial charge in [0, 0.05) is 12.0 Å². The van der Waals surface area contributed by atoms with Gasteiger partial charge >= 0.3 is 0 Å². The van der Waals surface area contributed by atoms with E-state index in [2.05, 4.69) is 101 Å². The summed E-state index contributed by atoms with van der Waals surface area (Å²) < 4.78 is 7.22. The number of allylic oxidation sites excluding steroid dienone is 1. The van der Waals surface area contributed by atoms with Gasteiger partial charge in [0.15, 0.2) is 0 Å². The predicted octanol–water partition coefficient (Wildman–Crippen LogP) is 5.23. The molecule has 1 nitrogen and oxygen atoms in total. The minimum absolute atomic E-state index is 0.0531. The molecule has 3 rings (SSSR count). The van der Waals surface area contributed by atoms with Gasteiger partial charge in [-0.2, -0.15) is 0 Å². The smallest absolute Gasteiger partial charge is 0.261 e. The Labute approximate surface area is 171 Å².